The van der Waals surface area contributed by atoms with Crippen LogP contribution in [0.2, 0.25) is 0 Å². The van der Waals surface area contributed by atoms with Gasteiger partial charge in [-0.3, -0.25) is 9.59 Å². The van der Waals surface area contributed by atoms with Crippen molar-refractivity contribution in [3.63, 3.8) is 0 Å². The molecule has 0 fully saturated rings. The average molecular weight is 230 g/mol. The molecule has 0 radical (unpaired) electrons. The highest BCUT2D eigenvalue weighted by atomic mass is 16.5. The lowest BCUT2D eigenvalue weighted by Gasteiger charge is -2.12. The summed E-state index contributed by atoms with van der Waals surface area (Å²) in [4.78, 5) is 22.3. The molecule has 0 aliphatic heterocycles. The number of carbonyl (C=O) groups excluding carboxylic acids is 2. The number of amides is 1. The summed E-state index contributed by atoms with van der Waals surface area (Å²) in [6.07, 6.45) is 2.62. The molecule has 0 spiro atoms. The van der Waals surface area contributed by atoms with Crippen molar-refractivity contribution in [3.8, 4) is 0 Å². The van der Waals surface area contributed by atoms with Crippen molar-refractivity contribution in [3.05, 3.63) is 0 Å². The van der Waals surface area contributed by atoms with E-state index in [4.69, 9.17) is 5.73 Å². The van der Waals surface area contributed by atoms with Crippen molar-refractivity contribution in [1.29, 1.82) is 0 Å². The third-order valence-corrected chi connectivity index (χ3v) is 2.38. The van der Waals surface area contributed by atoms with Crippen molar-refractivity contribution in [2.45, 2.75) is 39.2 Å². The molecule has 0 aromatic rings. The Kier molecular flexibility index (Phi) is 7.54. The van der Waals surface area contributed by atoms with Crippen LogP contribution >= 0.6 is 0 Å². The number of methoxy groups -OCH3 is 1. The second-order valence-electron chi connectivity index (χ2n) is 4.10. The Morgan fingerprint density at radius 1 is 1.31 bits per heavy atom. The lowest BCUT2D eigenvalue weighted by molar-refractivity contribution is -0.141. The van der Waals surface area contributed by atoms with Crippen LogP contribution < -0.4 is 11.1 Å². The van der Waals surface area contributed by atoms with E-state index >= 15 is 0 Å². The van der Waals surface area contributed by atoms with Crippen LogP contribution in [0.15, 0.2) is 0 Å². The lowest BCUT2D eigenvalue weighted by Crippen LogP contribution is -2.34. The largest absolute Gasteiger partial charge is 0.468 e. The van der Waals surface area contributed by atoms with Gasteiger partial charge < -0.3 is 15.8 Å². The number of hydrogen-bond donors (Lipinski definition) is 2. The molecule has 0 heterocycles. The van der Waals surface area contributed by atoms with Gasteiger partial charge >= 0.3 is 5.97 Å². The molecule has 5 nitrogen and oxygen atoms in total. The van der Waals surface area contributed by atoms with E-state index in [2.05, 4.69) is 10.1 Å². The molecule has 0 aliphatic rings. The van der Waals surface area contributed by atoms with E-state index in [0.717, 1.165) is 19.3 Å². The molecule has 16 heavy (non-hydrogen) atoms. The van der Waals surface area contributed by atoms with E-state index in [1.807, 2.05) is 13.8 Å². The Hall–Kier alpha value is -1.10. The molecule has 0 aliphatic carbocycles. The zero-order valence-electron chi connectivity index (χ0n) is 10.3. The van der Waals surface area contributed by atoms with Gasteiger partial charge in [0.05, 0.1) is 7.11 Å². The number of esters is 1. The standard InChI is InChI=1S/C11H22N2O3/c1-8(5-4-6-9(2)12)11(15)13-7-10(14)16-3/h8-9H,4-7,12H2,1-3H3,(H,13,15). The fraction of sp³-hybridized carbons (Fsp3) is 0.818. The number of nitrogens with two attached hydrogens (primary N) is 1. The summed E-state index contributed by atoms with van der Waals surface area (Å²) in [5, 5.41) is 2.53. The van der Waals surface area contributed by atoms with Crippen molar-refractivity contribution in [2.75, 3.05) is 13.7 Å². The highest BCUT2D eigenvalue weighted by molar-refractivity contribution is 5.83. The minimum atomic E-state index is -0.434. The van der Waals surface area contributed by atoms with Crippen molar-refractivity contribution < 1.29 is 14.3 Å². The number of rotatable bonds is 7. The van der Waals surface area contributed by atoms with Gasteiger partial charge in [0.15, 0.2) is 0 Å². The lowest BCUT2D eigenvalue weighted by atomic mass is 10.0. The summed E-state index contributed by atoms with van der Waals surface area (Å²) in [5.74, 6) is -0.644. The molecule has 2 atom stereocenters. The summed E-state index contributed by atoms with van der Waals surface area (Å²) in [7, 11) is 1.29. The number of ether oxygens (including phenoxy) is 1. The number of nitrogens with one attached hydrogen (secondary N) is 1. The highest BCUT2D eigenvalue weighted by Crippen LogP contribution is 2.08. The molecule has 2 unspecified atom stereocenters. The molecule has 5 heteroatoms. The van der Waals surface area contributed by atoms with Gasteiger partial charge in [-0.2, -0.15) is 0 Å². The van der Waals surface area contributed by atoms with Crippen LogP contribution in [0.25, 0.3) is 0 Å². The maximum Gasteiger partial charge on any atom is 0.325 e. The van der Waals surface area contributed by atoms with Gasteiger partial charge in [0.2, 0.25) is 5.91 Å². The fourth-order valence-electron chi connectivity index (χ4n) is 1.28. The zero-order chi connectivity index (χ0) is 12.6. The quantitative estimate of drug-likeness (QED) is 0.621. The Morgan fingerprint density at radius 2 is 1.94 bits per heavy atom. The summed E-state index contributed by atoms with van der Waals surface area (Å²) in [6, 6.07) is 0.172. The molecule has 3 N–H and O–H groups in total. The van der Waals surface area contributed by atoms with Gasteiger partial charge in [-0.15, -0.1) is 0 Å². The van der Waals surface area contributed by atoms with Gasteiger partial charge in [0, 0.05) is 12.0 Å². The van der Waals surface area contributed by atoms with E-state index in [0.29, 0.717) is 0 Å². The number of carbonyl (C=O) groups is 2. The second-order valence-corrected chi connectivity index (χ2v) is 4.10. The third kappa shape index (κ3) is 7.23. The van der Waals surface area contributed by atoms with E-state index in [1.54, 1.807) is 0 Å². The Balaban J connectivity index is 3.69. The average Bonchev–Trinajstić information content (AvgIpc) is 2.24. The summed E-state index contributed by atoms with van der Waals surface area (Å²) in [6.45, 7) is 3.72. The van der Waals surface area contributed by atoms with Crippen molar-refractivity contribution in [2.24, 2.45) is 11.7 Å². The van der Waals surface area contributed by atoms with E-state index in [1.165, 1.54) is 7.11 Å². The monoisotopic (exact) mass is 230 g/mol. The van der Waals surface area contributed by atoms with Crippen LogP contribution in [0, 0.1) is 5.92 Å². The van der Waals surface area contributed by atoms with E-state index in [9.17, 15) is 9.59 Å². The fourth-order valence-corrected chi connectivity index (χ4v) is 1.28. The molecule has 0 rings (SSSR count). The van der Waals surface area contributed by atoms with Gasteiger partial charge in [0.25, 0.3) is 0 Å². The molecule has 0 bridgehead atoms. The molecule has 0 aromatic heterocycles. The van der Waals surface area contributed by atoms with Crippen LogP contribution in [0.4, 0.5) is 0 Å². The maximum absolute atomic E-state index is 11.5. The van der Waals surface area contributed by atoms with Crippen molar-refractivity contribution >= 4 is 11.9 Å². The molecule has 0 saturated heterocycles. The predicted octanol–water partition coefficient (Wildman–Crippen LogP) is 0.429. The highest BCUT2D eigenvalue weighted by Gasteiger charge is 2.13. The first-order valence-corrected chi connectivity index (χ1v) is 5.57. The van der Waals surface area contributed by atoms with Crippen LogP contribution in [0.3, 0.4) is 0 Å². The van der Waals surface area contributed by atoms with Crippen molar-refractivity contribution in [1.82, 2.24) is 5.32 Å². The molecular formula is C11H22N2O3. The Bertz CT molecular complexity index is 229. The van der Waals surface area contributed by atoms with Crippen LogP contribution in [-0.2, 0) is 14.3 Å². The Morgan fingerprint density at radius 3 is 2.44 bits per heavy atom. The minimum absolute atomic E-state index is 0.0625. The normalized spacial score (nSPS) is 14.0. The molecule has 1 amide bonds. The second kappa shape index (κ2) is 8.10. The Labute approximate surface area is 96.7 Å². The van der Waals surface area contributed by atoms with Crippen LogP contribution in [0.5, 0.6) is 0 Å². The maximum atomic E-state index is 11.5. The first-order chi connectivity index (χ1) is 7.47. The van der Waals surface area contributed by atoms with Crippen LogP contribution in [0.1, 0.15) is 33.1 Å². The topological polar surface area (TPSA) is 81.4 Å². The van der Waals surface area contributed by atoms with E-state index < -0.39 is 5.97 Å². The zero-order valence-corrected chi connectivity index (χ0v) is 10.3. The smallest absolute Gasteiger partial charge is 0.325 e. The minimum Gasteiger partial charge on any atom is -0.468 e. The van der Waals surface area contributed by atoms with Crippen LogP contribution in [-0.4, -0.2) is 31.6 Å². The summed E-state index contributed by atoms with van der Waals surface area (Å²) < 4.78 is 4.42. The van der Waals surface area contributed by atoms with E-state index in [-0.39, 0.29) is 24.4 Å². The van der Waals surface area contributed by atoms with Gasteiger partial charge in [-0.25, -0.2) is 0 Å². The molecule has 94 valence electrons. The first kappa shape index (κ1) is 14.9. The molecule has 0 aromatic carbocycles. The van der Waals surface area contributed by atoms with Gasteiger partial charge in [-0.05, 0) is 19.8 Å². The van der Waals surface area contributed by atoms with Gasteiger partial charge in [0.1, 0.15) is 6.54 Å². The van der Waals surface area contributed by atoms with Gasteiger partial charge in [-0.1, -0.05) is 13.3 Å². The predicted molar refractivity (Wildman–Crippen MR) is 61.7 cm³/mol. The summed E-state index contributed by atoms with van der Waals surface area (Å²) >= 11 is 0. The summed E-state index contributed by atoms with van der Waals surface area (Å²) in [5.41, 5.74) is 5.61. The molecular weight excluding hydrogens is 208 g/mol. The SMILES string of the molecule is COC(=O)CNC(=O)C(C)CCCC(C)N. The first-order valence-electron chi connectivity index (χ1n) is 5.57. The number of hydrogen-bond acceptors (Lipinski definition) is 4. The molecule has 0 saturated carbocycles. The third-order valence-electron chi connectivity index (χ3n) is 2.38.